The van der Waals surface area contributed by atoms with E-state index in [1.165, 1.54) is 12.1 Å². The topological polar surface area (TPSA) is 58.2 Å². The molecule has 1 aromatic carbocycles. The van der Waals surface area contributed by atoms with E-state index in [2.05, 4.69) is 10.0 Å². The highest BCUT2D eigenvalue weighted by molar-refractivity contribution is 7.89. The molecule has 19 heavy (non-hydrogen) atoms. The van der Waals surface area contributed by atoms with Gasteiger partial charge in [-0.25, -0.2) is 17.5 Å². The first-order chi connectivity index (χ1) is 9.05. The molecule has 1 saturated heterocycles. The minimum atomic E-state index is -3.29. The monoisotopic (exact) mass is 286 g/mol. The van der Waals surface area contributed by atoms with E-state index < -0.39 is 10.0 Å². The third-order valence-corrected chi connectivity index (χ3v) is 4.64. The number of hydrogen-bond donors (Lipinski definition) is 2. The van der Waals surface area contributed by atoms with E-state index in [4.69, 9.17) is 0 Å². The Bertz CT molecular complexity index is 513. The van der Waals surface area contributed by atoms with E-state index in [0.29, 0.717) is 18.0 Å². The third kappa shape index (κ3) is 4.89. The van der Waals surface area contributed by atoms with Crippen molar-refractivity contribution in [1.29, 1.82) is 0 Å². The summed E-state index contributed by atoms with van der Waals surface area (Å²) in [5.41, 5.74) is 0.627. The van der Waals surface area contributed by atoms with Gasteiger partial charge in [-0.15, -0.1) is 0 Å². The van der Waals surface area contributed by atoms with Crippen molar-refractivity contribution in [3.63, 3.8) is 0 Å². The third-order valence-electron chi connectivity index (χ3n) is 3.28. The first-order valence-electron chi connectivity index (χ1n) is 6.50. The zero-order chi connectivity index (χ0) is 13.7. The van der Waals surface area contributed by atoms with Gasteiger partial charge in [-0.1, -0.05) is 12.1 Å². The van der Waals surface area contributed by atoms with Crippen LogP contribution < -0.4 is 10.0 Å². The largest absolute Gasteiger partial charge is 0.314 e. The van der Waals surface area contributed by atoms with E-state index >= 15 is 0 Å². The summed E-state index contributed by atoms with van der Waals surface area (Å²) in [4.78, 5) is 0. The molecule has 0 aliphatic carbocycles. The summed E-state index contributed by atoms with van der Waals surface area (Å²) in [6.45, 7) is 1.11. The minimum Gasteiger partial charge on any atom is -0.314 e. The standard InChI is InChI=1S/C13H19FN2O2S/c14-12-4-1-3-11(9-12)10-16-19(17,18)8-6-13-5-2-7-15-13/h1,3-4,9,13,15-16H,2,5-8,10H2. The summed E-state index contributed by atoms with van der Waals surface area (Å²) in [5, 5.41) is 3.27. The van der Waals surface area contributed by atoms with Crippen molar-refractivity contribution in [1.82, 2.24) is 10.0 Å². The van der Waals surface area contributed by atoms with E-state index in [9.17, 15) is 12.8 Å². The second-order valence-electron chi connectivity index (χ2n) is 4.85. The molecule has 0 aromatic heterocycles. The van der Waals surface area contributed by atoms with Crippen molar-refractivity contribution in [3.05, 3.63) is 35.6 Å². The lowest BCUT2D eigenvalue weighted by molar-refractivity contribution is 0.553. The summed E-state index contributed by atoms with van der Waals surface area (Å²) in [6, 6.07) is 6.25. The number of sulfonamides is 1. The first kappa shape index (κ1) is 14.4. The van der Waals surface area contributed by atoms with Crippen LogP contribution in [0, 0.1) is 5.82 Å². The minimum absolute atomic E-state index is 0.111. The molecule has 4 nitrogen and oxygen atoms in total. The summed E-state index contributed by atoms with van der Waals surface area (Å²) >= 11 is 0. The van der Waals surface area contributed by atoms with Crippen LogP contribution >= 0.6 is 0 Å². The van der Waals surface area contributed by atoms with Gasteiger partial charge in [-0.05, 0) is 43.5 Å². The van der Waals surface area contributed by atoms with Crippen molar-refractivity contribution >= 4 is 10.0 Å². The average molecular weight is 286 g/mol. The molecule has 1 aliphatic heterocycles. The molecular weight excluding hydrogens is 267 g/mol. The van der Waals surface area contributed by atoms with E-state index in [1.54, 1.807) is 12.1 Å². The molecule has 1 atom stereocenters. The number of hydrogen-bond acceptors (Lipinski definition) is 3. The highest BCUT2D eigenvalue weighted by Gasteiger charge is 2.18. The molecule has 1 aromatic rings. The Balaban J connectivity index is 1.80. The lowest BCUT2D eigenvalue weighted by atomic mass is 10.2. The number of rotatable bonds is 6. The van der Waals surface area contributed by atoms with Gasteiger partial charge in [0, 0.05) is 12.6 Å². The fourth-order valence-corrected chi connectivity index (χ4v) is 3.34. The molecule has 0 amide bonds. The van der Waals surface area contributed by atoms with Crippen LogP contribution in [0.3, 0.4) is 0 Å². The second kappa shape index (κ2) is 6.45. The first-order valence-corrected chi connectivity index (χ1v) is 8.15. The average Bonchev–Trinajstić information content (AvgIpc) is 2.88. The molecule has 1 fully saturated rings. The smallest absolute Gasteiger partial charge is 0.211 e. The molecule has 1 aliphatic rings. The molecule has 1 heterocycles. The van der Waals surface area contributed by atoms with Crippen LogP contribution in [-0.2, 0) is 16.6 Å². The van der Waals surface area contributed by atoms with E-state index in [-0.39, 0.29) is 18.1 Å². The predicted octanol–water partition coefficient (Wildman–Crippen LogP) is 1.39. The highest BCUT2D eigenvalue weighted by Crippen LogP contribution is 2.10. The Hall–Kier alpha value is -0.980. The Morgan fingerprint density at radius 2 is 2.26 bits per heavy atom. The number of nitrogens with one attached hydrogen (secondary N) is 2. The summed E-state index contributed by atoms with van der Waals surface area (Å²) < 4.78 is 39.1. The molecule has 0 saturated carbocycles. The molecule has 2 rings (SSSR count). The SMILES string of the molecule is O=S(=O)(CCC1CCCN1)NCc1cccc(F)c1. The normalized spacial score (nSPS) is 19.7. The van der Waals surface area contributed by atoms with Gasteiger partial charge in [0.15, 0.2) is 0 Å². The zero-order valence-corrected chi connectivity index (χ0v) is 11.5. The lowest BCUT2D eigenvalue weighted by Crippen LogP contribution is -2.30. The zero-order valence-electron chi connectivity index (χ0n) is 10.7. The van der Waals surface area contributed by atoms with Gasteiger partial charge in [0.1, 0.15) is 5.82 Å². The second-order valence-corrected chi connectivity index (χ2v) is 6.78. The molecule has 2 N–H and O–H groups in total. The molecule has 0 spiro atoms. The van der Waals surface area contributed by atoms with Crippen molar-refractivity contribution in [2.24, 2.45) is 0 Å². The fourth-order valence-electron chi connectivity index (χ4n) is 2.21. The summed E-state index contributed by atoms with van der Waals surface area (Å²) in [6.07, 6.45) is 2.78. The number of benzene rings is 1. The Morgan fingerprint density at radius 3 is 2.95 bits per heavy atom. The maximum absolute atomic E-state index is 13.0. The van der Waals surface area contributed by atoms with Crippen LogP contribution in [0.2, 0.25) is 0 Å². The summed E-state index contributed by atoms with van der Waals surface area (Å²) in [7, 11) is -3.29. The van der Waals surface area contributed by atoms with Crippen molar-refractivity contribution in [2.75, 3.05) is 12.3 Å². The maximum atomic E-state index is 13.0. The van der Waals surface area contributed by atoms with E-state index in [1.807, 2.05) is 0 Å². The number of halogens is 1. The van der Waals surface area contributed by atoms with Crippen LogP contribution in [0.4, 0.5) is 4.39 Å². The Morgan fingerprint density at radius 1 is 1.42 bits per heavy atom. The van der Waals surface area contributed by atoms with Gasteiger partial charge in [-0.2, -0.15) is 0 Å². The van der Waals surface area contributed by atoms with E-state index in [0.717, 1.165) is 19.4 Å². The molecule has 0 bridgehead atoms. The molecule has 1 unspecified atom stereocenters. The van der Waals surface area contributed by atoms with Crippen LogP contribution in [0.5, 0.6) is 0 Å². The maximum Gasteiger partial charge on any atom is 0.211 e. The summed E-state index contributed by atoms with van der Waals surface area (Å²) in [5.74, 6) is -0.244. The molecule has 0 radical (unpaired) electrons. The van der Waals surface area contributed by atoms with Gasteiger partial charge >= 0.3 is 0 Å². The van der Waals surface area contributed by atoms with Gasteiger partial charge in [0.05, 0.1) is 5.75 Å². The van der Waals surface area contributed by atoms with Crippen LogP contribution in [0.15, 0.2) is 24.3 Å². The lowest BCUT2D eigenvalue weighted by Gasteiger charge is -2.11. The van der Waals surface area contributed by atoms with Crippen LogP contribution in [0.25, 0.3) is 0 Å². The molecule has 106 valence electrons. The van der Waals surface area contributed by atoms with Crippen LogP contribution in [0.1, 0.15) is 24.8 Å². The fraction of sp³-hybridized carbons (Fsp3) is 0.538. The molecular formula is C13H19FN2O2S. The van der Waals surface area contributed by atoms with Gasteiger partial charge in [0.2, 0.25) is 10.0 Å². The van der Waals surface area contributed by atoms with Gasteiger partial charge < -0.3 is 5.32 Å². The van der Waals surface area contributed by atoms with Gasteiger partial charge in [-0.3, -0.25) is 0 Å². The Labute approximate surface area is 113 Å². The van der Waals surface area contributed by atoms with Crippen molar-refractivity contribution in [3.8, 4) is 0 Å². The quantitative estimate of drug-likeness (QED) is 0.831. The van der Waals surface area contributed by atoms with Crippen molar-refractivity contribution < 1.29 is 12.8 Å². The van der Waals surface area contributed by atoms with Gasteiger partial charge in [0.25, 0.3) is 0 Å². The predicted molar refractivity (Wildman–Crippen MR) is 72.7 cm³/mol. The Kier molecular flexibility index (Phi) is 4.90. The van der Waals surface area contributed by atoms with Crippen molar-refractivity contribution in [2.45, 2.75) is 31.8 Å². The molecule has 6 heteroatoms. The van der Waals surface area contributed by atoms with Crippen LogP contribution in [-0.4, -0.2) is 26.8 Å². The highest BCUT2D eigenvalue weighted by atomic mass is 32.2.